The Labute approximate surface area is 113 Å². The molecule has 5 heteroatoms. The van der Waals surface area contributed by atoms with Crippen molar-refractivity contribution >= 4 is 23.1 Å². The molecule has 0 atom stereocenters. The zero-order valence-electron chi connectivity index (χ0n) is 10.7. The first-order valence-corrected chi connectivity index (χ1v) is 6.21. The smallest absolute Gasteiger partial charge is 0.253 e. The first kappa shape index (κ1) is 14.4. The summed E-state index contributed by atoms with van der Waals surface area (Å²) in [6, 6.07) is 7.05. The van der Waals surface area contributed by atoms with Crippen LogP contribution in [-0.2, 0) is 0 Å². The van der Waals surface area contributed by atoms with Crippen LogP contribution in [0.15, 0.2) is 24.3 Å². The highest BCUT2D eigenvalue weighted by molar-refractivity contribution is 7.80. The Bertz CT molecular complexity index is 418. The van der Waals surface area contributed by atoms with E-state index in [1.807, 2.05) is 6.92 Å². The molecule has 1 amide bonds. The number of hydrogen-bond donors (Lipinski definition) is 1. The minimum absolute atomic E-state index is 0.0172. The molecule has 0 fully saturated rings. The molecule has 1 rings (SSSR count). The van der Waals surface area contributed by atoms with Gasteiger partial charge in [0.05, 0.1) is 12.1 Å². The molecule has 0 aliphatic rings. The van der Waals surface area contributed by atoms with E-state index in [1.54, 1.807) is 36.3 Å². The summed E-state index contributed by atoms with van der Waals surface area (Å²) in [6.45, 7) is 3.12. The first-order chi connectivity index (χ1) is 8.58. The first-order valence-electron chi connectivity index (χ1n) is 5.80. The standard InChI is InChI=1S/C13H18N2O2S/c1-3-15(9-8-12(14)18)13(16)10-4-6-11(17-2)7-5-10/h4-7H,3,8-9H2,1-2H3,(H2,14,18). The number of nitrogens with zero attached hydrogens (tertiary/aromatic N) is 1. The molecule has 1 aromatic rings. The molecule has 0 saturated carbocycles. The monoisotopic (exact) mass is 266 g/mol. The maximum Gasteiger partial charge on any atom is 0.253 e. The number of hydrogen-bond acceptors (Lipinski definition) is 3. The highest BCUT2D eigenvalue weighted by atomic mass is 32.1. The van der Waals surface area contributed by atoms with E-state index in [0.29, 0.717) is 30.1 Å². The molecule has 0 saturated heterocycles. The Morgan fingerprint density at radius 3 is 2.44 bits per heavy atom. The van der Waals surface area contributed by atoms with Gasteiger partial charge in [-0.3, -0.25) is 4.79 Å². The molecular weight excluding hydrogens is 248 g/mol. The average molecular weight is 266 g/mol. The van der Waals surface area contributed by atoms with Crippen molar-refractivity contribution in [3.8, 4) is 5.75 Å². The Hall–Kier alpha value is -1.62. The fourth-order valence-electron chi connectivity index (χ4n) is 1.56. The lowest BCUT2D eigenvalue weighted by Crippen LogP contribution is -2.33. The SMILES string of the molecule is CCN(CCC(N)=S)C(=O)c1ccc(OC)cc1. The van der Waals surface area contributed by atoms with Crippen molar-refractivity contribution < 1.29 is 9.53 Å². The quantitative estimate of drug-likeness (QED) is 0.798. The minimum Gasteiger partial charge on any atom is -0.497 e. The second kappa shape index (κ2) is 6.96. The lowest BCUT2D eigenvalue weighted by atomic mass is 10.2. The lowest BCUT2D eigenvalue weighted by molar-refractivity contribution is 0.0769. The summed E-state index contributed by atoms with van der Waals surface area (Å²) in [5, 5.41) is 0. The van der Waals surface area contributed by atoms with Crippen molar-refractivity contribution in [2.45, 2.75) is 13.3 Å². The Kier molecular flexibility index (Phi) is 5.58. The van der Waals surface area contributed by atoms with E-state index in [-0.39, 0.29) is 5.91 Å². The summed E-state index contributed by atoms with van der Waals surface area (Å²) in [5.41, 5.74) is 6.09. The normalized spacial score (nSPS) is 9.89. The fourth-order valence-corrected chi connectivity index (χ4v) is 1.66. The summed E-state index contributed by atoms with van der Waals surface area (Å²) < 4.78 is 5.06. The Morgan fingerprint density at radius 2 is 2.00 bits per heavy atom. The predicted octanol–water partition coefficient (Wildman–Crippen LogP) is 1.83. The molecule has 0 aliphatic heterocycles. The summed E-state index contributed by atoms with van der Waals surface area (Å²) in [5.74, 6) is 0.717. The van der Waals surface area contributed by atoms with Gasteiger partial charge in [-0.05, 0) is 31.2 Å². The third-order valence-electron chi connectivity index (χ3n) is 2.63. The van der Waals surface area contributed by atoms with Crippen molar-refractivity contribution in [2.24, 2.45) is 5.73 Å². The number of amides is 1. The molecule has 0 bridgehead atoms. The third kappa shape index (κ3) is 4.00. The number of benzene rings is 1. The average Bonchev–Trinajstić information content (AvgIpc) is 2.39. The van der Waals surface area contributed by atoms with E-state index < -0.39 is 0 Å². The van der Waals surface area contributed by atoms with E-state index in [9.17, 15) is 4.79 Å². The predicted molar refractivity (Wildman–Crippen MR) is 76.0 cm³/mol. The number of rotatable bonds is 6. The van der Waals surface area contributed by atoms with Crippen LogP contribution in [-0.4, -0.2) is 36.0 Å². The van der Waals surface area contributed by atoms with Crippen LogP contribution < -0.4 is 10.5 Å². The van der Waals surface area contributed by atoms with Gasteiger partial charge in [-0.1, -0.05) is 12.2 Å². The van der Waals surface area contributed by atoms with Gasteiger partial charge >= 0.3 is 0 Å². The van der Waals surface area contributed by atoms with Gasteiger partial charge in [-0.2, -0.15) is 0 Å². The van der Waals surface area contributed by atoms with Crippen LogP contribution in [0.1, 0.15) is 23.7 Å². The molecule has 0 radical (unpaired) electrons. The van der Waals surface area contributed by atoms with Crippen LogP contribution in [0.25, 0.3) is 0 Å². The fraction of sp³-hybridized carbons (Fsp3) is 0.385. The molecule has 2 N–H and O–H groups in total. The van der Waals surface area contributed by atoms with Crippen LogP contribution in [0.4, 0.5) is 0 Å². The topological polar surface area (TPSA) is 55.6 Å². The van der Waals surface area contributed by atoms with Gasteiger partial charge in [0, 0.05) is 25.1 Å². The lowest BCUT2D eigenvalue weighted by Gasteiger charge is -2.20. The van der Waals surface area contributed by atoms with E-state index in [2.05, 4.69) is 0 Å². The van der Waals surface area contributed by atoms with Gasteiger partial charge in [-0.25, -0.2) is 0 Å². The maximum absolute atomic E-state index is 12.2. The van der Waals surface area contributed by atoms with Gasteiger partial charge in [0.25, 0.3) is 5.91 Å². The Balaban J connectivity index is 2.72. The minimum atomic E-state index is -0.0172. The molecule has 0 aliphatic carbocycles. The van der Waals surface area contributed by atoms with E-state index in [4.69, 9.17) is 22.7 Å². The summed E-state index contributed by atoms with van der Waals surface area (Å²) >= 11 is 4.82. The molecule has 0 heterocycles. The number of ether oxygens (including phenoxy) is 1. The zero-order valence-corrected chi connectivity index (χ0v) is 11.5. The molecule has 4 nitrogen and oxygen atoms in total. The summed E-state index contributed by atoms with van der Waals surface area (Å²) in [4.78, 5) is 14.3. The van der Waals surface area contributed by atoms with Crippen LogP contribution in [0, 0.1) is 0 Å². The van der Waals surface area contributed by atoms with Crippen LogP contribution in [0.5, 0.6) is 5.75 Å². The molecule has 0 aromatic heterocycles. The largest absolute Gasteiger partial charge is 0.497 e. The van der Waals surface area contributed by atoms with Gasteiger partial charge in [0.1, 0.15) is 5.75 Å². The van der Waals surface area contributed by atoms with Crippen molar-refractivity contribution in [3.05, 3.63) is 29.8 Å². The van der Waals surface area contributed by atoms with Crippen molar-refractivity contribution in [1.29, 1.82) is 0 Å². The van der Waals surface area contributed by atoms with Crippen molar-refractivity contribution in [1.82, 2.24) is 4.90 Å². The number of thiocarbonyl (C=S) groups is 1. The summed E-state index contributed by atoms with van der Waals surface area (Å²) in [6.07, 6.45) is 0.547. The summed E-state index contributed by atoms with van der Waals surface area (Å²) in [7, 11) is 1.59. The molecule has 1 aromatic carbocycles. The third-order valence-corrected chi connectivity index (χ3v) is 2.84. The van der Waals surface area contributed by atoms with Crippen LogP contribution >= 0.6 is 12.2 Å². The van der Waals surface area contributed by atoms with E-state index in [0.717, 1.165) is 5.75 Å². The van der Waals surface area contributed by atoms with Gasteiger partial charge < -0.3 is 15.4 Å². The van der Waals surface area contributed by atoms with E-state index >= 15 is 0 Å². The van der Waals surface area contributed by atoms with E-state index in [1.165, 1.54) is 0 Å². The van der Waals surface area contributed by atoms with Crippen molar-refractivity contribution in [3.63, 3.8) is 0 Å². The Morgan fingerprint density at radius 1 is 1.39 bits per heavy atom. The second-order valence-electron chi connectivity index (χ2n) is 3.83. The van der Waals surface area contributed by atoms with Gasteiger partial charge in [-0.15, -0.1) is 0 Å². The molecular formula is C13H18N2O2S. The molecule has 0 unspecified atom stereocenters. The number of nitrogens with two attached hydrogens (primary N) is 1. The van der Waals surface area contributed by atoms with Crippen molar-refractivity contribution in [2.75, 3.05) is 20.2 Å². The number of carbonyl (C=O) groups is 1. The second-order valence-corrected chi connectivity index (χ2v) is 4.35. The molecule has 0 spiro atoms. The molecule has 18 heavy (non-hydrogen) atoms. The highest BCUT2D eigenvalue weighted by Gasteiger charge is 2.13. The highest BCUT2D eigenvalue weighted by Crippen LogP contribution is 2.13. The van der Waals surface area contributed by atoms with Crippen LogP contribution in [0.2, 0.25) is 0 Å². The number of carbonyl (C=O) groups excluding carboxylic acids is 1. The molecule has 98 valence electrons. The maximum atomic E-state index is 12.2. The van der Waals surface area contributed by atoms with Gasteiger partial charge in [0.2, 0.25) is 0 Å². The zero-order chi connectivity index (χ0) is 13.5. The number of methoxy groups -OCH3 is 1. The van der Waals surface area contributed by atoms with Gasteiger partial charge in [0.15, 0.2) is 0 Å². The van der Waals surface area contributed by atoms with Crippen LogP contribution in [0.3, 0.4) is 0 Å².